The van der Waals surface area contributed by atoms with E-state index < -0.39 is 172 Å². The van der Waals surface area contributed by atoms with Crippen LogP contribution in [0.2, 0.25) is 38.3 Å². The third-order valence-electron chi connectivity index (χ3n) is 8.87. The molecule has 0 aromatic heterocycles. The number of carbonyl (C=O) groups excluding carboxylic acids is 1. The van der Waals surface area contributed by atoms with E-state index >= 15 is 0 Å². The molecule has 0 unspecified atom stereocenters. The van der Waals surface area contributed by atoms with Gasteiger partial charge in [-0.1, -0.05) is 24.3 Å². The molecule has 0 aliphatic heterocycles. The van der Waals surface area contributed by atoms with Crippen LogP contribution in [-0.2, 0) is 106 Å². The molecule has 0 aliphatic carbocycles. The standard InChI is InChI=1S/C23H36O23Si21/c1-19(24)44-23-13-9-21(10-14-23)15-17-66(3,4)45-47-49(26)51(28)53(30)55(32)57(34)59(36)61(38)63(40)65(42)64(41)62(39)60(37)58(35)56(33)54(31)52(29)50(27)48(25)46-67(5,6)18-16-20-7-11-22(43-2)12-8-20/h7-14H,15-18,47H2,1-6H3. The quantitative estimate of drug-likeness (QED) is 0.0407. The van der Waals surface area contributed by atoms with Gasteiger partial charge in [0, 0.05) is 6.92 Å². The molecule has 0 atom stereocenters. The highest BCUT2D eigenvalue weighted by Gasteiger charge is 2.56. The Balaban J connectivity index is 1.97. The lowest BCUT2D eigenvalue weighted by molar-refractivity contribution is -0.131. The zero-order valence-electron chi connectivity index (χ0n) is 36.0. The van der Waals surface area contributed by atoms with Gasteiger partial charge in [-0.15, -0.1) is 0 Å². The van der Waals surface area contributed by atoms with Crippen molar-refractivity contribution < 1.29 is 103 Å². The number of benzene rings is 2. The van der Waals surface area contributed by atoms with E-state index in [1.54, 1.807) is 74.7 Å². The Bertz CT molecular complexity index is 2630. The largest absolute Gasteiger partial charge is 0.578 e. The zero-order chi connectivity index (χ0) is 51.3. The molecule has 0 spiro atoms. The minimum atomic E-state index is -4.44. The predicted molar refractivity (Wildman–Crippen MR) is 249 cm³/mol. The molecule has 2 rings (SSSR count). The molecule has 2 aromatic rings. The molecule has 0 bridgehead atoms. The maximum Gasteiger partial charge on any atom is 0.532 e. The summed E-state index contributed by atoms with van der Waals surface area (Å²) in [6.45, 7) is 8.02. The Labute approximate surface area is 407 Å². The van der Waals surface area contributed by atoms with Crippen LogP contribution in [0.5, 0.6) is 11.5 Å². The highest BCUT2D eigenvalue weighted by Crippen LogP contribution is 2.20. The second kappa shape index (κ2) is 27.9. The first-order chi connectivity index (χ1) is 31.0. The number of methoxy groups -OCH3 is 1. The van der Waals surface area contributed by atoms with Crippen molar-refractivity contribution in [2.45, 2.75) is 58.0 Å². The number of rotatable bonds is 30. The van der Waals surface area contributed by atoms with Gasteiger partial charge in [0.15, 0.2) is 8.32 Å². The van der Waals surface area contributed by atoms with Gasteiger partial charge in [-0.2, -0.15) is 0 Å². The smallest absolute Gasteiger partial charge is 0.532 e. The maximum atomic E-state index is 12.9. The highest BCUT2D eigenvalue weighted by molar-refractivity contribution is 7.82. The second-order valence-electron chi connectivity index (χ2n) is 15.0. The lowest BCUT2D eigenvalue weighted by atomic mass is 10.2. The predicted octanol–water partition coefficient (Wildman–Crippen LogP) is -4.14. The summed E-state index contributed by atoms with van der Waals surface area (Å²) in [5, 5.41) is 0. The average molecular weight is 1270 g/mol. The SMILES string of the molecule is COc1ccc(CC[Si](C)(C)O[Si](=O)[Si](=O)[Si](=O)[Si](=O)[Si](=O)[Si](=O)[Si](=O)[Si](=O)[Si](=O)[Si](=O)[Si](=O)[Si](=O)[Si](=O)[Si](=O)[Si](=O)[Si](=O)[Si](=O)[Si](=O)[SiH2]O[Si](C)(C)CCc2ccc(OC(C)=O)cc2)cc1. The van der Waals surface area contributed by atoms with E-state index in [1.165, 1.54) is 14.0 Å². The first-order valence-electron chi connectivity index (χ1n) is 19.0. The van der Waals surface area contributed by atoms with Crippen LogP contribution in [0.1, 0.15) is 18.1 Å². The average Bonchev–Trinajstić information content (AvgIpc) is 3.30. The van der Waals surface area contributed by atoms with Gasteiger partial charge in [-0.05, 0) is 86.5 Å². The van der Waals surface area contributed by atoms with Crippen LogP contribution in [0.4, 0.5) is 0 Å². The first kappa shape index (κ1) is 61.5. The van der Waals surface area contributed by atoms with Crippen LogP contribution < -0.4 is 9.47 Å². The molecule has 0 saturated heterocycles. The minimum Gasteiger partial charge on any atom is -0.578 e. The van der Waals surface area contributed by atoms with Crippen LogP contribution >= 0.6 is 0 Å². The molecule has 0 aliphatic rings. The van der Waals surface area contributed by atoms with Crippen molar-refractivity contribution in [1.82, 2.24) is 0 Å². The fourth-order valence-corrected chi connectivity index (χ4v) is 219. The van der Waals surface area contributed by atoms with E-state index in [4.69, 9.17) is 17.7 Å². The van der Waals surface area contributed by atoms with E-state index in [9.17, 15) is 85.1 Å². The fraction of sp³-hybridized carbons (Fsp3) is 0.435. The monoisotopic (exact) mass is 1270 g/mol. The number of aryl methyl sites for hydroxylation is 2. The van der Waals surface area contributed by atoms with Crippen molar-refractivity contribution in [2.75, 3.05) is 7.11 Å². The molecule has 44 heteroatoms. The highest BCUT2D eigenvalue weighted by atomic mass is 30.1. The van der Waals surface area contributed by atoms with E-state index in [0.29, 0.717) is 36.4 Å². The van der Waals surface area contributed by atoms with Gasteiger partial charge in [0.2, 0.25) is 17.6 Å². The van der Waals surface area contributed by atoms with Gasteiger partial charge < -0.3 is 98.0 Å². The molecule has 0 heterocycles. The summed E-state index contributed by atoms with van der Waals surface area (Å²) in [4.78, 5) is 11.1. The normalized spacial score (nSPS) is 11.0. The van der Waals surface area contributed by atoms with Crippen molar-refractivity contribution in [2.24, 2.45) is 0 Å². The maximum absolute atomic E-state index is 12.9. The molecule has 0 saturated carbocycles. The third-order valence-corrected chi connectivity index (χ3v) is 157. The first-order valence-corrected chi connectivity index (χ1v) is 70.4. The number of esters is 1. The molecule has 0 amide bonds. The number of carbonyl (C=O) groups is 1. The van der Waals surface area contributed by atoms with Crippen LogP contribution in [0.3, 0.4) is 0 Å². The molecule has 0 fully saturated rings. The minimum absolute atomic E-state index is 0.341. The molecule has 67 heavy (non-hydrogen) atoms. The lowest BCUT2D eigenvalue weighted by Crippen LogP contribution is -2.56. The van der Waals surface area contributed by atoms with Crippen LogP contribution in [0.25, 0.3) is 0 Å². The fourth-order valence-electron chi connectivity index (χ4n) is 4.98. The van der Waals surface area contributed by atoms with E-state index in [2.05, 4.69) is 0 Å². The van der Waals surface area contributed by atoms with Crippen LogP contribution in [-0.4, -0.2) is 179 Å². The third kappa shape index (κ3) is 18.8. The topological polar surface area (TPSA) is 361 Å². The summed E-state index contributed by atoms with van der Waals surface area (Å²) in [5.74, 6) is 0.454. The van der Waals surface area contributed by atoms with Gasteiger partial charge in [-0.3, -0.25) is 4.79 Å². The number of hydrogen-bond donors (Lipinski definition) is 0. The Morgan fingerprint density at radius 1 is 0.448 bits per heavy atom. The van der Waals surface area contributed by atoms with Gasteiger partial charge in [0.1, 0.15) is 11.5 Å². The summed E-state index contributed by atoms with van der Waals surface area (Å²) in [5.41, 5.74) is 1.71. The Morgan fingerprint density at radius 2 is 0.746 bits per heavy atom. The van der Waals surface area contributed by atoms with Crippen molar-refractivity contribution in [3.8, 4) is 11.5 Å². The van der Waals surface area contributed by atoms with E-state index in [1.807, 2.05) is 0 Å². The number of hydrogen-bond acceptors (Lipinski definition) is 23. The number of ether oxygens (including phenoxy) is 2. The van der Waals surface area contributed by atoms with E-state index in [0.717, 1.165) is 11.1 Å². The van der Waals surface area contributed by atoms with Crippen LogP contribution in [0.15, 0.2) is 48.5 Å². The summed E-state index contributed by atoms with van der Waals surface area (Å²) >= 11 is 0. The van der Waals surface area contributed by atoms with E-state index in [-0.39, 0.29) is 0 Å². The zero-order valence-corrected chi connectivity index (χ0v) is 57.5. The van der Waals surface area contributed by atoms with Crippen molar-refractivity contribution in [3.63, 3.8) is 0 Å². The summed E-state index contributed by atoms with van der Waals surface area (Å²) in [7, 11) is -80.9. The summed E-state index contributed by atoms with van der Waals surface area (Å²) in [6.07, 6.45) is 0.940. The van der Waals surface area contributed by atoms with Gasteiger partial charge in [0.05, 0.1) is 7.11 Å². The lowest BCUT2D eigenvalue weighted by Gasteiger charge is -2.22. The van der Waals surface area contributed by atoms with Crippen molar-refractivity contribution >= 4 is 172 Å². The van der Waals surface area contributed by atoms with Gasteiger partial charge in [-0.25, -0.2) is 0 Å². The summed E-state index contributed by atoms with van der Waals surface area (Å²) in [6, 6.07) is 14.4. The summed E-state index contributed by atoms with van der Waals surface area (Å²) < 4.78 is 253. The van der Waals surface area contributed by atoms with Gasteiger partial charge in [0.25, 0.3) is 0 Å². The molecule has 23 nitrogen and oxygen atoms in total. The Morgan fingerprint density at radius 3 is 1.07 bits per heavy atom. The van der Waals surface area contributed by atoms with Crippen molar-refractivity contribution in [3.05, 3.63) is 59.7 Å². The molecule has 0 radical (unpaired) electrons. The Kier molecular flexibility index (Phi) is 25.6. The van der Waals surface area contributed by atoms with Crippen LogP contribution in [0, 0.1) is 0 Å². The molecule has 0 N–H and O–H groups in total. The van der Waals surface area contributed by atoms with Gasteiger partial charge >= 0.3 is 146 Å². The molecule has 2 aromatic carbocycles. The second-order valence-corrected chi connectivity index (χ2v) is 113. The Hall–Kier alpha value is -1.58. The van der Waals surface area contributed by atoms with Crippen molar-refractivity contribution in [1.29, 1.82) is 0 Å². The molecular weight excluding hydrogens is 1230 g/mol. The molecule has 350 valence electrons. The molecular formula is C23H36O23Si21.